The highest BCUT2D eigenvalue weighted by Crippen LogP contribution is 2.49. The molecule has 26 heavy (non-hydrogen) atoms. The van der Waals surface area contributed by atoms with Gasteiger partial charge < -0.3 is 4.84 Å². The van der Waals surface area contributed by atoms with Gasteiger partial charge in [-0.1, -0.05) is 65.3 Å². The number of oxime groups is 1. The van der Waals surface area contributed by atoms with Gasteiger partial charge in [0.25, 0.3) is 0 Å². The van der Waals surface area contributed by atoms with E-state index in [0.29, 0.717) is 18.4 Å². The Morgan fingerprint density at radius 2 is 1.77 bits per heavy atom. The summed E-state index contributed by atoms with van der Waals surface area (Å²) >= 11 is 5.92. The van der Waals surface area contributed by atoms with E-state index in [1.165, 1.54) is 5.56 Å². The Labute approximate surface area is 158 Å². The smallest absolute Gasteiger partial charge is 0.142 e. The Bertz CT molecular complexity index is 879. The summed E-state index contributed by atoms with van der Waals surface area (Å²) in [4.78, 5) is 10.1. The number of pyridine rings is 1. The second kappa shape index (κ2) is 7.71. The van der Waals surface area contributed by atoms with Crippen LogP contribution in [0.25, 0.3) is 0 Å². The summed E-state index contributed by atoms with van der Waals surface area (Å²) in [6.45, 7) is 0.413. The molecule has 1 aliphatic rings. The third-order valence-corrected chi connectivity index (χ3v) is 4.86. The van der Waals surface area contributed by atoms with Gasteiger partial charge in [0.1, 0.15) is 12.3 Å². The van der Waals surface area contributed by atoms with E-state index < -0.39 is 0 Å². The Morgan fingerprint density at radius 1 is 1.00 bits per heavy atom. The Kier molecular flexibility index (Phi) is 4.98. The zero-order valence-electron chi connectivity index (χ0n) is 14.3. The summed E-state index contributed by atoms with van der Waals surface area (Å²) in [6, 6.07) is 24.1. The third-order valence-electron chi connectivity index (χ3n) is 4.60. The maximum absolute atomic E-state index is 5.92. The average molecular weight is 363 g/mol. The highest BCUT2D eigenvalue weighted by atomic mass is 35.5. The fraction of sp³-hybridized carbons (Fsp3) is 0.182. The highest BCUT2D eigenvalue weighted by Gasteiger charge is 2.43. The zero-order chi connectivity index (χ0) is 17.8. The number of benzene rings is 2. The highest BCUT2D eigenvalue weighted by molar-refractivity contribution is 6.30. The molecule has 3 nitrogen and oxygen atoms in total. The first-order chi connectivity index (χ1) is 12.8. The summed E-state index contributed by atoms with van der Waals surface area (Å²) in [7, 11) is 0. The molecule has 1 saturated carbocycles. The van der Waals surface area contributed by atoms with Crippen molar-refractivity contribution in [1.29, 1.82) is 0 Å². The minimum atomic E-state index is 0.345. The van der Waals surface area contributed by atoms with Crippen LogP contribution in [0.4, 0.5) is 0 Å². The first-order valence-electron chi connectivity index (χ1n) is 8.72. The molecule has 2 unspecified atom stereocenters. The van der Waals surface area contributed by atoms with Gasteiger partial charge in [-0.05, 0) is 47.7 Å². The van der Waals surface area contributed by atoms with E-state index in [-0.39, 0.29) is 0 Å². The lowest BCUT2D eigenvalue weighted by Gasteiger charge is -2.07. The molecule has 1 fully saturated rings. The van der Waals surface area contributed by atoms with E-state index >= 15 is 0 Å². The first kappa shape index (κ1) is 16.8. The molecule has 1 aliphatic carbocycles. The molecule has 2 aromatic carbocycles. The van der Waals surface area contributed by atoms with Crippen molar-refractivity contribution in [1.82, 2.24) is 4.98 Å². The molecule has 0 N–H and O–H groups in total. The number of hydrogen-bond donors (Lipinski definition) is 0. The molecule has 1 aromatic heterocycles. The number of hydrogen-bond acceptors (Lipinski definition) is 3. The van der Waals surface area contributed by atoms with Crippen molar-refractivity contribution in [2.24, 2.45) is 11.1 Å². The molecular formula is C22H19ClN2O. The van der Waals surface area contributed by atoms with Gasteiger partial charge in [0.2, 0.25) is 0 Å². The largest absolute Gasteiger partial charge is 0.391 e. The van der Waals surface area contributed by atoms with Crippen LogP contribution in [-0.2, 0) is 11.4 Å². The molecule has 1 heterocycles. The molecule has 0 bridgehead atoms. The van der Waals surface area contributed by atoms with Crippen LogP contribution in [-0.4, -0.2) is 10.7 Å². The summed E-state index contributed by atoms with van der Waals surface area (Å²) in [6.07, 6.45) is 2.87. The molecule has 2 atom stereocenters. The molecule has 0 radical (unpaired) electrons. The van der Waals surface area contributed by atoms with Crippen molar-refractivity contribution in [3.63, 3.8) is 0 Å². The van der Waals surface area contributed by atoms with Crippen molar-refractivity contribution in [3.05, 3.63) is 101 Å². The van der Waals surface area contributed by atoms with Crippen molar-refractivity contribution >= 4 is 17.3 Å². The number of nitrogens with zero attached hydrogens (tertiary/aromatic N) is 2. The molecule has 4 rings (SSSR count). The summed E-state index contributed by atoms with van der Waals surface area (Å²) in [5, 5.41) is 5.19. The number of rotatable bonds is 6. The normalized spacial score (nSPS) is 19.2. The van der Waals surface area contributed by atoms with E-state index in [2.05, 4.69) is 34.4 Å². The summed E-state index contributed by atoms with van der Waals surface area (Å²) in [5.74, 6) is 0.827. The van der Waals surface area contributed by atoms with Crippen LogP contribution < -0.4 is 0 Å². The van der Waals surface area contributed by atoms with E-state index in [1.807, 2.05) is 48.5 Å². The van der Waals surface area contributed by atoms with Crippen molar-refractivity contribution in [2.45, 2.75) is 18.9 Å². The minimum absolute atomic E-state index is 0.345. The van der Waals surface area contributed by atoms with Gasteiger partial charge in [-0.15, -0.1) is 0 Å². The minimum Gasteiger partial charge on any atom is -0.391 e. The second-order valence-electron chi connectivity index (χ2n) is 6.45. The zero-order valence-corrected chi connectivity index (χ0v) is 15.0. The molecule has 0 aliphatic heterocycles. The van der Waals surface area contributed by atoms with Crippen molar-refractivity contribution < 1.29 is 4.84 Å². The predicted octanol–water partition coefficient (Wildman–Crippen LogP) is 5.46. The van der Waals surface area contributed by atoms with Gasteiger partial charge in [-0.3, -0.25) is 4.98 Å². The Balaban J connectivity index is 1.51. The van der Waals surface area contributed by atoms with Crippen LogP contribution >= 0.6 is 11.6 Å². The lowest BCUT2D eigenvalue weighted by atomic mass is 10.1. The molecule has 130 valence electrons. The number of halogens is 1. The van der Waals surface area contributed by atoms with E-state index in [1.54, 1.807) is 6.20 Å². The standard InChI is InChI=1S/C22H19ClN2O/c23-18-11-9-16(10-12-18)15-26-25-22(21-8-4-5-13-24-21)20-14-19(20)17-6-2-1-3-7-17/h1-13,19-20H,14-15H2. The van der Waals surface area contributed by atoms with Gasteiger partial charge in [0, 0.05) is 17.1 Å². The van der Waals surface area contributed by atoms with Crippen molar-refractivity contribution in [3.8, 4) is 0 Å². The van der Waals surface area contributed by atoms with Crippen LogP contribution in [0.3, 0.4) is 0 Å². The Hall–Kier alpha value is -2.65. The Morgan fingerprint density at radius 3 is 2.50 bits per heavy atom. The molecule has 3 aromatic rings. The monoisotopic (exact) mass is 362 g/mol. The van der Waals surface area contributed by atoms with Gasteiger partial charge in [0.15, 0.2) is 0 Å². The van der Waals surface area contributed by atoms with Crippen LogP contribution in [0.1, 0.15) is 29.2 Å². The molecule has 0 saturated heterocycles. The average Bonchev–Trinajstić information content (AvgIpc) is 3.49. The molecule has 0 amide bonds. The van der Waals surface area contributed by atoms with Gasteiger partial charge >= 0.3 is 0 Å². The topological polar surface area (TPSA) is 34.5 Å². The first-order valence-corrected chi connectivity index (χ1v) is 9.10. The lowest BCUT2D eigenvalue weighted by molar-refractivity contribution is 0.129. The maximum Gasteiger partial charge on any atom is 0.142 e. The van der Waals surface area contributed by atoms with Gasteiger partial charge in [-0.25, -0.2) is 0 Å². The van der Waals surface area contributed by atoms with Crippen LogP contribution in [0, 0.1) is 5.92 Å². The predicted molar refractivity (Wildman–Crippen MR) is 104 cm³/mol. The second-order valence-corrected chi connectivity index (χ2v) is 6.89. The molecule has 4 heteroatoms. The lowest BCUT2D eigenvalue weighted by Crippen LogP contribution is -2.08. The van der Waals surface area contributed by atoms with Crippen molar-refractivity contribution in [2.75, 3.05) is 0 Å². The SMILES string of the molecule is Clc1ccc(CON=C(c2ccccn2)C2CC2c2ccccc2)cc1. The fourth-order valence-electron chi connectivity index (χ4n) is 3.14. The maximum atomic E-state index is 5.92. The van der Waals surface area contributed by atoms with E-state index in [0.717, 1.165) is 28.4 Å². The number of aromatic nitrogens is 1. The molecule has 0 spiro atoms. The van der Waals surface area contributed by atoms with Crippen LogP contribution in [0.15, 0.2) is 84.1 Å². The van der Waals surface area contributed by atoms with E-state index in [9.17, 15) is 0 Å². The van der Waals surface area contributed by atoms with Gasteiger partial charge in [0.05, 0.1) is 5.69 Å². The summed E-state index contributed by atoms with van der Waals surface area (Å²) < 4.78 is 0. The van der Waals surface area contributed by atoms with E-state index in [4.69, 9.17) is 16.4 Å². The van der Waals surface area contributed by atoms with Crippen LogP contribution in [0.2, 0.25) is 5.02 Å². The summed E-state index contributed by atoms with van der Waals surface area (Å²) in [5.41, 5.74) is 4.19. The third kappa shape index (κ3) is 3.94. The van der Waals surface area contributed by atoms with Crippen LogP contribution in [0.5, 0.6) is 0 Å². The fourth-order valence-corrected chi connectivity index (χ4v) is 3.27. The molecular weight excluding hydrogens is 344 g/mol. The van der Waals surface area contributed by atoms with Gasteiger partial charge in [-0.2, -0.15) is 0 Å². The quantitative estimate of drug-likeness (QED) is 0.431.